The van der Waals surface area contributed by atoms with Crippen molar-refractivity contribution in [1.29, 1.82) is 0 Å². The molecule has 1 aromatic carbocycles. The fourth-order valence-corrected chi connectivity index (χ4v) is 2.81. The number of rotatable bonds is 6. The van der Waals surface area contributed by atoms with Crippen molar-refractivity contribution in [3.63, 3.8) is 0 Å². The number of sulfonamides is 1. The summed E-state index contributed by atoms with van der Waals surface area (Å²) in [7, 11) is -3.42. The summed E-state index contributed by atoms with van der Waals surface area (Å²) in [4.78, 5) is 0.333. The van der Waals surface area contributed by atoms with E-state index in [-0.39, 0.29) is 0 Å². The van der Waals surface area contributed by atoms with E-state index in [1.165, 1.54) is 0 Å². The van der Waals surface area contributed by atoms with E-state index in [1.807, 2.05) is 19.9 Å². The van der Waals surface area contributed by atoms with Crippen LogP contribution < -0.4 is 4.72 Å². The molecule has 0 saturated heterocycles. The van der Waals surface area contributed by atoms with Crippen LogP contribution in [-0.4, -0.2) is 28.2 Å². The molecule has 96 valence electrons. The van der Waals surface area contributed by atoms with Crippen molar-refractivity contribution in [3.8, 4) is 0 Å². The van der Waals surface area contributed by atoms with E-state index in [0.29, 0.717) is 24.7 Å². The van der Waals surface area contributed by atoms with Crippen molar-refractivity contribution in [3.05, 3.63) is 29.3 Å². The molecule has 1 N–H and O–H groups in total. The molecular weight excluding hydrogens is 238 g/mol. The van der Waals surface area contributed by atoms with Gasteiger partial charge in [0.25, 0.3) is 0 Å². The van der Waals surface area contributed by atoms with Gasteiger partial charge < -0.3 is 4.74 Å². The zero-order valence-electron chi connectivity index (χ0n) is 10.5. The van der Waals surface area contributed by atoms with Gasteiger partial charge in [-0.1, -0.05) is 17.7 Å². The Morgan fingerprint density at radius 1 is 1.29 bits per heavy atom. The van der Waals surface area contributed by atoms with E-state index < -0.39 is 10.0 Å². The second-order valence-electron chi connectivity index (χ2n) is 3.86. The van der Waals surface area contributed by atoms with Gasteiger partial charge in [-0.15, -0.1) is 0 Å². The Morgan fingerprint density at radius 2 is 2.00 bits per heavy atom. The summed E-state index contributed by atoms with van der Waals surface area (Å²) in [6.07, 6.45) is 0. The summed E-state index contributed by atoms with van der Waals surface area (Å²) >= 11 is 0. The van der Waals surface area contributed by atoms with E-state index in [2.05, 4.69) is 4.72 Å². The van der Waals surface area contributed by atoms with E-state index in [0.717, 1.165) is 11.1 Å². The van der Waals surface area contributed by atoms with Crippen LogP contribution in [0.25, 0.3) is 0 Å². The zero-order valence-corrected chi connectivity index (χ0v) is 11.3. The highest BCUT2D eigenvalue weighted by Crippen LogP contribution is 2.15. The molecule has 0 heterocycles. The van der Waals surface area contributed by atoms with Gasteiger partial charge >= 0.3 is 0 Å². The third-order valence-electron chi connectivity index (χ3n) is 2.36. The van der Waals surface area contributed by atoms with E-state index in [4.69, 9.17) is 4.74 Å². The van der Waals surface area contributed by atoms with Crippen LogP contribution in [0.15, 0.2) is 23.1 Å². The van der Waals surface area contributed by atoms with Crippen LogP contribution in [0, 0.1) is 13.8 Å². The molecule has 0 amide bonds. The van der Waals surface area contributed by atoms with Crippen molar-refractivity contribution in [2.24, 2.45) is 0 Å². The molecule has 5 heteroatoms. The summed E-state index contributed by atoms with van der Waals surface area (Å²) in [6, 6.07) is 5.29. The topological polar surface area (TPSA) is 55.4 Å². The minimum absolute atomic E-state index is 0.295. The first kappa shape index (κ1) is 14.2. The Labute approximate surface area is 103 Å². The number of nitrogens with one attached hydrogen (secondary N) is 1. The number of hydrogen-bond donors (Lipinski definition) is 1. The summed E-state index contributed by atoms with van der Waals surface area (Å²) in [6.45, 7) is 6.88. The normalized spacial score (nSPS) is 11.7. The number of benzene rings is 1. The predicted octanol–water partition coefficient (Wildman–Crippen LogP) is 1.62. The summed E-state index contributed by atoms with van der Waals surface area (Å²) in [5.41, 5.74) is 1.81. The lowest BCUT2D eigenvalue weighted by molar-refractivity contribution is 0.153. The van der Waals surface area contributed by atoms with Crippen LogP contribution in [0.1, 0.15) is 18.1 Å². The Bertz CT molecular complexity index is 469. The Kier molecular flexibility index (Phi) is 5.11. The molecule has 0 radical (unpaired) electrons. The van der Waals surface area contributed by atoms with Crippen molar-refractivity contribution in [1.82, 2.24) is 4.72 Å². The molecule has 4 nitrogen and oxygen atoms in total. The maximum absolute atomic E-state index is 12.0. The maximum atomic E-state index is 12.0. The fourth-order valence-electron chi connectivity index (χ4n) is 1.57. The lowest BCUT2D eigenvalue weighted by atomic mass is 10.2. The Morgan fingerprint density at radius 3 is 2.59 bits per heavy atom. The molecule has 0 spiro atoms. The molecule has 0 aromatic heterocycles. The van der Waals surface area contributed by atoms with E-state index in [1.54, 1.807) is 19.1 Å². The first-order valence-electron chi connectivity index (χ1n) is 5.62. The molecule has 0 aliphatic heterocycles. The molecular formula is C12H19NO3S. The highest BCUT2D eigenvalue weighted by Gasteiger charge is 2.15. The molecule has 0 aliphatic rings. The van der Waals surface area contributed by atoms with Gasteiger partial charge in [-0.05, 0) is 32.4 Å². The van der Waals surface area contributed by atoms with Crippen LogP contribution >= 0.6 is 0 Å². The first-order valence-corrected chi connectivity index (χ1v) is 7.10. The average molecular weight is 257 g/mol. The van der Waals surface area contributed by atoms with E-state index in [9.17, 15) is 8.42 Å². The van der Waals surface area contributed by atoms with Crippen molar-refractivity contribution < 1.29 is 13.2 Å². The van der Waals surface area contributed by atoms with Crippen LogP contribution in [0.2, 0.25) is 0 Å². The SMILES string of the molecule is CCOCCNS(=O)(=O)c1ccc(C)cc1C. The van der Waals surface area contributed by atoms with E-state index >= 15 is 0 Å². The quantitative estimate of drug-likeness (QED) is 0.788. The minimum atomic E-state index is -3.42. The molecule has 0 fully saturated rings. The zero-order chi connectivity index (χ0) is 12.9. The number of hydrogen-bond acceptors (Lipinski definition) is 3. The summed E-state index contributed by atoms with van der Waals surface area (Å²) in [5, 5.41) is 0. The molecule has 0 unspecified atom stereocenters. The summed E-state index contributed by atoms with van der Waals surface area (Å²) < 4.78 is 31.5. The maximum Gasteiger partial charge on any atom is 0.240 e. The Hall–Kier alpha value is -0.910. The Balaban J connectivity index is 2.76. The van der Waals surface area contributed by atoms with Crippen LogP contribution in [-0.2, 0) is 14.8 Å². The first-order chi connectivity index (χ1) is 7.97. The van der Waals surface area contributed by atoms with Gasteiger partial charge in [-0.3, -0.25) is 0 Å². The third kappa shape index (κ3) is 4.11. The number of aryl methyl sites for hydroxylation is 2. The average Bonchev–Trinajstić information content (AvgIpc) is 2.24. The van der Waals surface area contributed by atoms with Crippen molar-refractivity contribution in [2.75, 3.05) is 19.8 Å². The van der Waals surface area contributed by atoms with Gasteiger partial charge in [0.05, 0.1) is 11.5 Å². The third-order valence-corrected chi connectivity index (χ3v) is 3.98. The van der Waals surface area contributed by atoms with Gasteiger partial charge in [-0.25, -0.2) is 13.1 Å². The molecule has 0 aliphatic carbocycles. The van der Waals surface area contributed by atoms with Crippen LogP contribution in [0.3, 0.4) is 0 Å². The highest BCUT2D eigenvalue weighted by molar-refractivity contribution is 7.89. The second kappa shape index (κ2) is 6.14. The fraction of sp³-hybridized carbons (Fsp3) is 0.500. The van der Waals surface area contributed by atoms with Gasteiger partial charge in [0.15, 0.2) is 0 Å². The predicted molar refractivity (Wildman–Crippen MR) is 67.6 cm³/mol. The lowest BCUT2D eigenvalue weighted by Gasteiger charge is -2.09. The lowest BCUT2D eigenvalue weighted by Crippen LogP contribution is -2.28. The molecule has 1 rings (SSSR count). The molecule has 0 saturated carbocycles. The largest absolute Gasteiger partial charge is 0.380 e. The van der Waals surface area contributed by atoms with Gasteiger partial charge in [0.1, 0.15) is 0 Å². The smallest absolute Gasteiger partial charge is 0.240 e. The summed E-state index contributed by atoms with van der Waals surface area (Å²) in [5.74, 6) is 0. The monoisotopic (exact) mass is 257 g/mol. The molecule has 1 aromatic rings. The highest BCUT2D eigenvalue weighted by atomic mass is 32.2. The second-order valence-corrected chi connectivity index (χ2v) is 5.60. The molecule has 17 heavy (non-hydrogen) atoms. The van der Waals surface area contributed by atoms with Crippen LogP contribution in [0.5, 0.6) is 0 Å². The van der Waals surface area contributed by atoms with Gasteiger partial charge in [0, 0.05) is 13.2 Å². The molecule has 0 atom stereocenters. The van der Waals surface area contributed by atoms with Crippen molar-refractivity contribution in [2.45, 2.75) is 25.7 Å². The standard InChI is InChI=1S/C12H19NO3S/c1-4-16-8-7-13-17(14,15)12-6-5-10(2)9-11(12)3/h5-6,9,13H,4,7-8H2,1-3H3. The number of ether oxygens (including phenoxy) is 1. The van der Waals surface area contributed by atoms with Crippen molar-refractivity contribution >= 4 is 10.0 Å². The molecule has 0 bridgehead atoms. The van der Waals surface area contributed by atoms with Gasteiger partial charge in [-0.2, -0.15) is 0 Å². The van der Waals surface area contributed by atoms with Crippen LogP contribution in [0.4, 0.5) is 0 Å². The van der Waals surface area contributed by atoms with Gasteiger partial charge in [0.2, 0.25) is 10.0 Å². The minimum Gasteiger partial charge on any atom is -0.380 e.